The molecule has 1 aliphatic rings. The molecule has 0 saturated carbocycles. The summed E-state index contributed by atoms with van der Waals surface area (Å²) < 4.78 is 5.20. The van der Waals surface area contributed by atoms with Gasteiger partial charge in [0, 0.05) is 25.7 Å². The SMILES string of the molecule is CC(C)C(CNCCNC(=O)OC(C)(C)C)N1CCCC1. The van der Waals surface area contributed by atoms with Gasteiger partial charge in [-0.25, -0.2) is 4.79 Å². The molecule has 1 fully saturated rings. The molecule has 1 saturated heterocycles. The van der Waals surface area contributed by atoms with Crippen molar-refractivity contribution in [1.29, 1.82) is 0 Å². The van der Waals surface area contributed by atoms with E-state index in [2.05, 4.69) is 29.4 Å². The standard InChI is InChI=1S/C16H33N3O2/c1-13(2)14(19-10-6-7-11-19)12-17-8-9-18-15(20)21-16(3,4)5/h13-14,17H,6-12H2,1-5H3,(H,18,20). The Hall–Kier alpha value is -0.810. The lowest BCUT2D eigenvalue weighted by Crippen LogP contribution is -2.45. The summed E-state index contributed by atoms with van der Waals surface area (Å²) >= 11 is 0. The highest BCUT2D eigenvalue weighted by atomic mass is 16.6. The fourth-order valence-electron chi connectivity index (χ4n) is 2.68. The van der Waals surface area contributed by atoms with Crippen LogP contribution in [0.3, 0.4) is 0 Å². The third-order valence-corrected chi connectivity index (χ3v) is 3.70. The predicted molar refractivity (Wildman–Crippen MR) is 86.5 cm³/mol. The number of amides is 1. The summed E-state index contributed by atoms with van der Waals surface area (Å²) in [5, 5.41) is 6.22. The summed E-state index contributed by atoms with van der Waals surface area (Å²) in [4.78, 5) is 14.1. The summed E-state index contributed by atoms with van der Waals surface area (Å²) in [5.74, 6) is 0.648. The molecule has 1 aliphatic heterocycles. The maximum Gasteiger partial charge on any atom is 0.407 e. The molecule has 0 aromatic heterocycles. The zero-order chi connectivity index (χ0) is 15.9. The van der Waals surface area contributed by atoms with E-state index in [9.17, 15) is 4.79 Å². The first kappa shape index (κ1) is 18.2. The van der Waals surface area contributed by atoms with Crippen molar-refractivity contribution >= 4 is 6.09 Å². The van der Waals surface area contributed by atoms with Gasteiger partial charge in [-0.05, 0) is 52.6 Å². The second kappa shape index (κ2) is 8.59. The van der Waals surface area contributed by atoms with E-state index in [1.165, 1.54) is 25.9 Å². The minimum absolute atomic E-state index is 0.343. The van der Waals surface area contributed by atoms with Gasteiger partial charge in [0.05, 0.1) is 0 Å². The zero-order valence-electron chi connectivity index (χ0n) is 14.4. The van der Waals surface area contributed by atoms with Crippen molar-refractivity contribution in [1.82, 2.24) is 15.5 Å². The zero-order valence-corrected chi connectivity index (χ0v) is 14.4. The summed E-state index contributed by atoms with van der Waals surface area (Å²) in [6, 6.07) is 0.592. The number of nitrogens with zero attached hydrogens (tertiary/aromatic N) is 1. The van der Waals surface area contributed by atoms with E-state index in [0.29, 0.717) is 18.5 Å². The van der Waals surface area contributed by atoms with Crippen LogP contribution in [0.1, 0.15) is 47.5 Å². The van der Waals surface area contributed by atoms with Gasteiger partial charge in [0.1, 0.15) is 5.60 Å². The van der Waals surface area contributed by atoms with E-state index in [4.69, 9.17) is 4.74 Å². The lowest BCUT2D eigenvalue weighted by molar-refractivity contribution is 0.0528. The predicted octanol–water partition coefficient (Wildman–Crippen LogP) is 2.22. The summed E-state index contributed by atoms with van der Waals surface area (Å²) in [5.41, 5.74) is -0.435. The van der Waals surface area contributed by atoms with Gasteiger partial charge in [0.2, 0.25) is 0 Å². The van der Waals surface area contributed by atoms with Crippen LogP contribution in [0.5, 0.6) is 0 Å². The second-order valence-corrected chi connectivity index (χ2v) is 7.19. The van der Waals surface area contributed by atoms with Crippen molar-refractivity contribution in [2.24, 2.45) is 5.92 Å². The first-order valence-electron chi connectivity index (χ1n) is 8.21. The highest BCUT2D eigenvalue weighted by Gasteiger charge is 2.24. The van der Waals surface area contributed by atoms with Crippen molar-refractivity contribution in [2.75, 3.05) is 32.7 Å². The van der Waals surface area contributed by atoms with Crippen molar-refractivity contribution in [3.8, 4) is 0 Å². The second-order valence-electron chi connectivity index (χ2n) is 7.19. The third kappa shape index (κ3) is 7.67. The smallest absolute Gasteiger partial charge is 0.407 e. The van der Waals surface area contributed by atoms with Gasteiger partial charge in [-0.15, -0.1) is 0 Å². The highest BCUT2D eigenvalue weighted by Crippen LogP contribution is 2.16. The van der Waals surface area contributed by atoms with Crippen LogP contribution in [0.25, 0.3) is 0 Å². The van der Waals surface area contributed by atoms with Crippen molar-refractivity contribution in [3.63, 3.8) is 0 Å². The van der Waals surface area contributed by atoms with E-state index in [0.717, 1.165) is 13.1 Å². The Bertz CT molecular complexity index is 307. The molecule has 0 aromatic carbocycles. The monoisotopic (exact) mass is 299 g/mol. The Morgan fingerprint density at radius 2 is 1.81 bits per heavy atom. The van der Waals surface area contributed by atoms with Gasteiger partial charge in [-0.2, -0.15) is 0 Å². The molecule has 1 unspecified atom stereocenters. The number of ether oxygens (including phenoxy) is 1. The molecule has 1 amide bonds. The molecule has 5 nitrogen and oxygen atoms in total. The number of nitrogens with one attached hydrogen (secondary N) is 2. The Kier molecular flexibility index (Phi) is 7.46. The number of hydrogen-bond acceptors (Lipinski definition) is 4. The largest absolute Gasteiger partial charge is 0.444 e. The van der Waals surface area contributed by atoms with Gasteiger partial charge < -0.3 is 15.4 Å². The minimum atomic E-state index is -0.435. The maximum absolute atomic E-state index is 11.5. The van der Waals surface area contributed by atoms with Crippen molar-refractivity contribution in [3.05, 3.63) is 0 Å². The molecule has 0 aliphatic carbocycles. The molecule has 124 valence electrons. The van der Waals surface area contributed by atoms with Gasteiger partial charge in [-0.1, -0.05) is 13.8 Å². The molecule has 0 spiro atoms. The van der Waals surface area contributed by atoms with Gasteiger partial charge in [0.15, 0.2) is 0 Å². The number of alkyl carbamates (subject to hydrolysis) is 1. The summed E-state index contributed by atoms with van der Waals surface area (Å²) in [6.07, 6.45) is 2.30. The average molecular weight is 299 g/mol. The van der Waals surface area contributed by atoms with Crippen LogP contribution in [0.2, 0.25) is 0 Å². The molecule has 0 aromatic rings. The topological polar surface area (TPSA) is 53.6 Å². The first-order valence-corrected chi connectivity index (χ1v) is 8.21. The molecule has 5 heteroatoms. The van der Waals surface area contributed by atoms with E-state index < -0.39 is 5.60 Å². The fourth-order valence-corrected chi connectivity index (χ4v) is 2.68. The van der Waals surface area contributed by atoms with Gasteiger partial charge >= 0.3 is 6.09 Å². The van der Waals surface area contributed by atoms with Crippen LogP contribution in [0.4, 0.5) is 4.79 Å². The number of hydrogen-bond donors (Lipinski definition) is 2. The molecule has 1 heterocycles. The summed E-state index contributed by atoms with van der Waals surface area (Å²) in [7, 11) is 0. The Morgan fingerprint density at radius 3 is 2.33 bits per heavy atom. The van der Waals surface area contributed by atoms with Crippen LogP contribution < -0.4 is 10.6 Å². The quantitative estimate of drug-likeness (QED) is 0.708. The normalized spacial score (nSPS) is 18.0. The van der Waals surface area contributed by atoms with Crippen molar-refractivity contribution < 1.29 is 9.53 Å². The van der Waals surface area contributed by atoms with Crippen LogP contribution in [-0.4, -0.2) is 55.4 Å². The molecule has 0 radical (unpaired) electrons. The molecule has 21 heavy (non-hydrogen) atoms. The van der Waals surface area contributed by atoms with Crippen LogP contribution in [-0.2, 0) is 4.74 Å². The number of carbonyl (C=O) groups is 1. The van der Waals surface area contributed by atoms with E-state index in [-0.39, 0.29) is 6.09 Å². The van der Waals surface area contributed by atoms with Crippen LogP contribution in [0.15, 0.2) is 0 Å². The Morgan fingerprint density at radius 1 is 1.19 bits per heavy atom. The Balaban J connectivity index is 2.15. The van der Waals surface area contributed by atoms with E-state index >= 15 is 0 Å². The third-order valence-electron chi connectivity index (χ3n) is 3.70. The van der Waals surface area contributed by atoms with Crippen LogP contribution >= 0.6 is 0 Å². The van der Waals surface area contributed by atoms with Crippen LogP contribution in [0, 0.1) is 5.92 Å². The molecule has 1 atom stereocenters. The molecule has 0 bridgehead atoms. The maximum atomic E-state index is 11.5. The Labute approximate surface area is 129 Å². The number of likely N-dealkylation sites (tertiary alicyclic amines) is 1. The van der Waals surface area contributed by atoms with E-state index in [1.807, 2.05) is 20.8 Å². The molecular weight excluding hydrogens is 266 g/mol. The minimum Gasteiger partial charge on any atom is -0.444 e. The average Bonchev–Trinajstić information content (AvgIpc) is 2.84. The first-order chi connectivity index (χ1) is 9.79. The lowest BCUT2D eigenvalue weighted by Gasteiger charge is -2.31. The molecule has 2 N–H and O–H groups in total. The number of rotatable bonds is 7. The highest BCUT2D eigenvalue weighted by molar-refractivity contribution is 5.67. The van der Waals surface area contributed by atoms with Gasteiger partial charge in [0.25, 0.3) is 0 Å². The van der Waals surface area contributed by atoms with Gasteiger partial charge in [-0.3, -0.25) is 4.90 Å². The van der Waals surface area contributed by atoms with Crippen molar-refractivity contribution in [2.45, 2.75) is 59.1 Å². The summed E-state index contributed by atoms with van der Waals surface area (Å²) in [6.45, 7) is 15.0. The van der Waals surface area contributed by atoms with E-state index in [1.54, 1.807) is 0 Å². The molecular formula is C16H33N3O2. The fraction of sp³-hybridized carbons (Fsp3) is 0.938. The lowest BCUT2D eigenvalue weighted by atomic mass is 10.0. The number of carbonyl (C=O) groups excluding carboxylic acids is 1. The molecule has 1 rings (SSSR count).